The number of nitrogens with one attached hydrogen (secondary N) is 1. The van der Waals surface area contributed by atoms with Gasteiger partial charge in [-0.25, -0.2) is 4.79 Å². The van der Waals surface area contributed by atoms with Gasteiger partial charge in [0.2, 0.25) is 5.82 Å². The number of aromatic nitrogens is 5. The van der Waals surface area contributed by atoms with Gasteiger partial charge in [-0.2, -0.15) is 5.21 Å². The van der Waals surface area contributed by atoms with Crippen LogP contribution in [0.1, 0.15) is 35.1 Å². The summed E-state index contributed by atoms with van der Waals surface area (Å²) in [4.78, 5) is 11.7. The number of carboxylic acids is 1. The molecule has 29 heavy (non-hydrogen) atoms. The molecule has 0 amide bonds. The van der Waals surface area contributed by atoms with Gasteiger partial charge in [0, 0.05) is 17.8 Å². The van der Waals surface area contributed by atoms with Crippen molar-refractivity contribution < 1.29 is 9.90 Å². The van der Waals surface area contributed by atoms with Gasteiger partial charge in [0.15, 0.2) is 0 Å². The van der Waals surface area contributed by atoms with Gasteiger partial charge < -0.3 is 9.67 Å². The number of hydrogen-bond donors (Lipinski definition) is 2. The fourth-order valence-electron chi connectivity index (χ4n) is 3.56. The minimum atomic E-state index is -0.924. The molecule has 2 heterocycles. The molecule has 0 radical (unpaired) electrons. The van der Waals surface area contributed by atoms with Crippen LogP contribution in [-0.2, 0) is 13.0 Å². The van der Waals surface area contributed by atoms with Crippen LogP contribution in [0.15, 0.2) is 60.7 Å². The molecule has 0 aliphatic heterocycles. The summed E-state index contributed by atoms with van der Waals surface area (Å²) in [5, 5.41) is 24.1. The Morgan fingerprint density at radius 2 is 1.90 bits per heavy atom. The Morgan fingerprint density at radius 3 is 2.59 bits per heavy atom. The quantitative estimate of drug-likeness (QED) is 0.499. The largest absolute Gasteiger partial charge is 0.477 e. The average molecular weight is 387 g/mol. The Labute approximate surface area is 168 Å². The number of carbonyl (C=O) groups is 1. The summed E-state index contributed by atoms with van der Waals surface area (Å²) in [7, 11) is 0. The van der Waals surface area contributed by atoms with Crippen LogP contribution in [0.2, 0.25) is 0 Å². The number of carboxylic acid groups (broad SMARTS) is 1. The van der Waals surface area contributed by atoms with Gasteiger partial charge in [-0.15, -0.1) is 10.2 Å². The van der Waals surface area contributed by atoms with Crippen LogP contribution in [0.4, 0.5) is 0 Å². The molecule has 0 saturated carbocycles. The second-order valence-electron chi connectivity index (χ2n) is 6.83. The molecule has 7 nitrogen and oxygen atoms in total. The Hall–Kier alpha value is -3.74. The van der Waals surface area contributed by atoms with Crippen molar-refractivity contribution in [2.24, 2.45) is 0 Å². The molecule has 4 aromatic rings. The predicted molar refractivity (Wildman–Crippen MR) is 110 cm³/mol. The number of rotatable bonds is 7. The van der Waals surface area contributed by atoms with E-state index in [1.165, 1.54) is 0 Å². The molecule has 146 valence electrons. The lowest BCUT2D eigenvalue weighted by atomic mass is 9.97. The van der Waals surface area contributed by atoms with E-state index < -0.39 is 5.97 Å². The number of tetrazole rings is 1. The lowest BCUT2D eigenvalue weighted by molar-refractivity contribution is 0.0685. The number of H-pyrrole nitrogens is 1. The minimum Gasteiger partial charge on any atom is -0.477 e. The van der Waals surface area contributed by atoms with Gasteiger partial charge >= 0.3 is 5.97 Å². The van der Waals surface area contributed by atoms with E-state index >= 15 is 0 Å². The third kappa shape index (κ3) is 3.80. The smallest absolute Gasteiger partial charge is 0.352 e. The van der Waals surface area contributed by atoms with E-state index in [0.29, 0.717) is 18.1 Å². The molecular weight excluding hydrogens is 366 g/mol. The fraction of sp³-hybridized carbons (Fsp3) is 0.182. The Bertz CT molecular complexity index is 1120. The monoisotopic (exact) mass is 387 g/mol. The van der Waals surface area contributed by atoms with Gasteiger partial charge in [-0.05, 0) is 46.5 Å². The predicted octanol–water partition coefficient (Wildman–Crippen LogP) is 4.03. The Morgan fingerprint density at radius 1 is 1.07 bits per heavy atom. The van der Waals surface area contributed by atoms with Crippen molar-refractivity contribution >= 4 is 5.97 Å². The average Bonchev–Trinajstić information content (AvgIpc) is 3.40. The minimum absolute atomic E-state index is 0.293. The van der Waals surface area contributed by atoms with Crippen molar-refractivity contribution in [3.63, 3.8) is 0 Å². The third-order valence-electron chi connectivity index (χ3n) is 4.89. The normalized spacial score (nSPS) is 10.9. The van der Waals surface area contributed by atoms with Crippen LogP contribution >= 0.6 is 0 Å². The number of hydrogen-bond acceptors (Lipinski definition) is 4. The first-order valence-electron chi connectivity index (χ1n) is 9.51. The van der Waals surface area contributed by atoms with E-state index in [-0.39, 0.29) is 0 Å². The lowest BCUT2D eigenvalue weighted by Gasteiger charge is -2.14. The van der Waals surface area contributed by atoms with E-state index in [0.717, 1.165) is 40.8 Å². The first kappa shape index (κ1) is 18.6. The summed E-state index contributed by atoms with van der Waals surface area (Å²) in [5.74, 6) is -0.419. The van der Waals surface area contributed by atoms with Gasteiger partial charge in [0.25, 0.3) is 0 Å². The van der Waals surface area contributed by atoms with Crippen molar-refractivity contribution in [1.29, 1.82) is 0 Å². The van der Waals surface area contributed by atoms with Gasteiger partial charge in [0.1, 0.15) is 5.69 Å². The molecule has 0 atom stereocenters. The summed E-state index contributed by atoms with van der Waals surface area (Å²) in [6, 6.07) is 19.6. The topological polar surface area (TPSA) is 96.7 Å². The molecular formula is C22H21N5O2. The molecule has 0 aliphatic rings. The maximum Gasteiger partial charge on any atom is 0.352 e. The van der Waals surface area contributed by atoms with Gasteiger partial charge in [-0.3, -0.25) is 0 Å². The highest BCUT2D eigenvalue weighted by molar-refractivity contribution is 5.86. The van der Waals surface area contributed by atoms with Crippen molar-refractivity contribution in [2.75, 3.05) is 0 Å². The van der Waals surface area contributed by atoms with E-state index in [4.69, 9.17) is 0 Å². The van der Waals surface area contributed by atoms with Gasteiger partial charge in [0.05, 0.1) is 0 Å². The molecule has 4 rings (SSSR count). The molecule has 0 bridgehead atoms. The SMILES string of the molecule is CCCc1ccc(C(=O)O)n1Cc1ccc(-c2ccccc2)c(-c2nn[nH]n2)c1. The summed E-state index contributed by atoms with van der Waals surface area (Å²) in [6.07, 6.45) is 1.78. The van der Waals surface area contributed by atoms with Crippen molar-refractivity contribution in [3.05, 3.63) is 77.6 Å². The van der Waals surface area contributed by atoms with E-state index in [9.17, 15) is 9.90 Å². The van der Waals surface area contributed by atoms with Crippen LogP contribution in [-0.4, -0.2) is 36.3 Å². The van der Waals surface area contributed by atoms with Crippen LogP contribution in [0, 0.1) is 0 Å². The maximum absolute atomic E-state index is 11.7. The third-order valence-corrected chi connectivity index (χ3v) is 4.89. The fourth-order valence-corrected chi connectivity index (χ4v) is 3.56. The zero-order valence-corrected chi connectivity index (χ0v) is 16.0. The van der Waals surface area contributed by atoms with Crippen LogP contribution in [0.5, 0.6) is 0 Å². The van der Waals surface area contributed by atoms with Crippen LogP contribution in [0.3, 0.4) is 0 Å². The van der Waals surface area contributed by atoms with E-state index in [2.05, 4.69) is 27.5 Å². The molecule has 0 spiro atoms. The maximum atomic E-state index is 11.7. The highest BCUT2D eigenvalue weighted by Gasteiger charge is 2.16. The summed E-state index contributed by atoms with van der Waals surface area (Å²) in [5.41, 5.74) is 5.18. The van der Waals surface area contributed by atoms with Crippen LogP contribution in [0.25, 0.3) is 22.5 Å². The van der Waals surface area contributed by atoms with Crippen molar-refractivity contribution in [2.45, 2.75) is 26.3 Å². The van der Waals surface area contributed by atoms with E-state index in [1.54, 1.807) is 6.07 Å². The Balaban J connectivity index is 1.78. The standard InChI is InChI=1S/C22H21N5O2/c1-2-6-17-10-12-20(22(28)29)27(17)14-15-9-11-18(16-7-4-3-5-8-16)19(13-15)21-23-25-26-24-21/h3-5,7-13H,2,6,14H2,1H3,(H,28,29)(H,23,24,25,26). The Kier molecular flexibility index (Phi) is 5.20. The lowest BCUT2D eigenvalue weighted by Crippen LogP contribution is -2.12. The van der Waals surface area contributed by atoms with Crippen molar-refractivity contribution in [1.82, 2.24) is 25.2 Å². The second kappa shape index (κ2) is 8.10. The highest BCUT2D eigenvalue weighted by Crippen LogP contribution is 2.31. The molecule has 0 aliphatic carbocycles. The first-order chi connectivity index (χ1) is 14.2. The molecule has 0 saturated heterocycles. The first-order valence-corrected chi connectivity index (χ1v) is 9.51. The van der Waals surface area contributed by atoms with Crippen molar-refractivity contribution in [3.8, 4) is 22.5 Å². The molecule has 2 aromatic heterocycles. The summed E-state index contributed by atoms with van der Waals surface area (Å²) >= 11 is 0. The molecule has 2 N–H and O–H groups in total. The number of aromatic carboxylic acids is 1. The molecule has 2 aromatic carbocycles. The van der Waals surface area contributed by atoms with Crippen LogP contribution < -0.4 is 0 Å². The second-order valence-corrected chi connectivity index (χ2v) is 6.83. The highest BCUT2D eigenvalue weighted by atomic mass is 16.4. The molecule has 7 heteroatoms. The summed E-state index contributed by atoms with van der Waals surface area (Å²) in [6.45, 7) is 2.55. The molecule has 0 unspecified atom stereocenters. The number of nitrogens with zero attached hydrogens (tertiary/aromatic N) is 4. The van der Waals surface area contributed by atoms with E-state index in [1.807, 2.05) is 59.2 Å². The van der Waals surface area contributed by atoms with Gasteiger partial charge in [-0.1, -0.05) is 55.8 Å². The zero-order chi connectivity index (χ0) is 20.2. The number of aromatic amines is 1. The summed E-state index contributed by atoms with van der Waals surface area (Å²) < 4.78 is 1.86. The number of benzene rings is 2. The zero-order valence-electron chi connectivity index (χ0n) is 16.0. The molecule has 0 fully saturated rings. The number of aryl methyl sites for hydroxylation is 1.